The molecule has 5 nitrogen and oxygen atoms in total. The lowest BCUT2D eigenvalue weighted by atomic mass is 10.1. The van der Waals surface area contributed by atoms with Crippen LogP contribution in [0, 0.1) is 3.57 Å². The molecule has 6 heteroatoms. The highest BCUT2D eigenvalue weighted by Crippen LogP contribution is 2.40. The van der Waals surface area contributed by atoms with Gasteiger partial charge in [0.1, 0.15) is 0 Å². The molecule has 0 aromatic heterocycles. The second-order valence-corrected chi connectivity index (χ2v) is 5.92. The van der Waals surface area contributed by atoms with Crippen LogP contribution in [0.25, 0.3) is 0 Å². The molecule has 3 rings (SSSR count). The normalized spacial score (nSPS) is 18.7. The number of benzene rings is 1. The van der Waals surface area contributed by atoms with Crippen molar-refractivity contribution >= 4 is 28.5 Å². The third-order valence-corrected chi connectivity index (χ3v) is 4.34. The summed E-state index contributed by atoms with van der Waals surface area (Å²) in [6.45, 7) is 3.54. The lowest BCUT2D eigenvalue weighted by Gasteiger charge is -2.32. The third-order valence-electron chi connectivity index (χ3n) is 3.49. The molecule has 0 spiro atoms. The number of fused-ring (bicyclic) bond motifs is 1. The van der Waals surface area contributed by atoms with E-state index in [1.54, 1.807) is 0 Å². The molecule has 2 aliphatic heterocycles. The average Bonchev–Trinajstić information content (AvgIpc) is 2.89. The van der Waals surface area contributed by atoms with Crippen molar-refractivity contribution in [3.8, 4) is 11.5 Å². The first kappa shape index (κ1) is 13.0. The van der Waals surface area contributed by atoms with Crippen LogP contribution in [-0.2, 0) is 0 Å². The van der Waals surface area contributed by atoms with E-state index in [1.165, 1.54) is 0 Å². The van der Waals surface area contributed by atoms with Gasteiger partial charge in [-0.15, -0.1) is 0 Å². The zero-order valence-electron chi connectivity index (χ0n) is 10.7. The van der Waals surface area contributed by atoms with E-state index in [0.717, 1.165) is 29.7 Å². The summed E-state index contributed by atoms with van der Waals surface area (Å²) in [6, 6.07) is 3.73. The Hall–Kier alpha value is -1.02. The van der Waals surface area contributed by atoms with Crippen molar-refractivity contribution in [2.75, 3.05) is 40.0 Å². The zero-order valence-corrected chi connectivity index (χ0v) is 12.8. The molecule has 0 atom stereocenters. The van der Waals surface area contributed by atoms with E-state index >= 15 is 0 Å². The van der Waals surface area contributed by atoms with Crippen molar-refractivity contribution in [2.24, 2.45) is 0 Å². The van der Waals surface area contributed by atoms with Gasteiger partial charge >= 0.3 is 0 Å². The number of hydrogen-bond donors (Lipinski definition) is 0. The van der Waals surface area contributed by atoms with Gasteiger partial charge in [-0.05, 0) is 41.8 Å². The Morgan fingerprint density at radius 2 is 1.84 bits per heavy atom. The Morgan fingerprint density at radius 1 is 1.16 bits per heavy atom. The first-order valence-corrected chi connectivity index (χ1v) is 7.30. The monoisotopic (exact) mass is 374 g/mol. The highest BCUT2D eigenvalue weighted by atomic mass is 127. The van der Waals surface area contributed by atoms with Gasteiger partial charge in [0.2, 0.25) is 6.79 Å². The predicted octanol–water partition coefficient (Wildman–Crippen LogP) is 1.41. The van der Waals surface area contributed by atoms with E-state index in [9.17, 15) is 4.79 Å². The maximum Gasteiger partial charge on any atom is 0.257 e. The Balaban J connectivity index is 1.87. The van der Waals surface area contributed by atoms with Crippen molar-refractivity contribution in [1.82, 2.24) is 9.80 Å². The molecule has 102 valence electrons. The van der Waals surface area contributed by atoms with E-state index in [2.05, 4.69) is 34.5 Å². The van der Waals surface area contributed by atoms with Crippen LogP contribution in [0.15, 0.2) is 12.1 Å². The van der Waals surface area contributed by atoms with Crippen molar-refractivity contribution < 1.29 is 14.3 Å². The molecule has 19 heavy (non-hydrogen) atoms. The van der Waals surface area contributed by atoms with E-state index in [-0.39, 0.29) is 12.7 Å². The number of ether oxygens (including phenoxy) is 2. The van der Waals surface area contributed by atoms with Crippen LogP contribution in [0.1, 0.15) is 10.4 Å². The number of likely N-dealkylation sites (N-methyl/N-ethyl adjacent to an activating group) is 1. The summed E-state index contributed by atoms with van der Waals surface area (Å²) in [5.74, 6) is 1.32. The van der Waals surface area contributed by atoms with Gasteiger partial charge in [-0.1, -0.05) is 0 Å². The summed E-state index contributed by atoms with van der Waals surface area (Å²) in [6.07, 6.45) is 0. The Bertz CT molecular complexity index is 513. The van der Waals surface area contributed by atoms with Crippen molar-refractivity contribution in [2.45, 2.75) is 0 Å². The quantitative estimate of drug-likeness (QED) is 0.698. The van der Waals surface area contributed by atoms with Crippen molar-refractivity contribution in [1.29, 1.82) is 0 Å². The molecule has 0 saturated carbocycles. The van der Waals surface area contributed by atoms with Gasteiger partial charge in [-0.25, -0.2) is 0 Å². The van der Waals surface area contributed by atoms with Crippen molar-refractivity contribution in [3.63, 3.8) is 0 Å². The van der Waals surface area contributed by atoms with Gasteiger partial charge in [0.05, 0.1) is 9.13 Å². The first-order chi connectivity index (χ1) is 9.16. The number of carbonyl (C=O) groups is 1. The molecule has 0 bridgehead atoms. The molecule has 0 radical (unpaired) electrons. The zero-order chi connectivity index (χ0) is 13.4. The first-order valence-electron chi connectivity index (χ1n) is 6.23. The smallest absolute Gasteiger partial charge is 0.257 e. The number of amides is 1. The van der Waals surface area contributed by atoms with Crippen LogP contribution in [0.3, 0.4) is 0 Å². The molecular formula is C13H15IN2O3. The molecule has 1 saturated heterocycles. The number of hydrogen-bond acceptors (Lipinski definition) is 4. The molecule has 1 aromatic carbocycles. The summed E-state index contributed by atoms with van der Waals surface area (Å²) in [7, 11) is 2.07. The minimum atomic E-state index is 0.0336. The van der Waals surface area contributed by atoms with Gasteiger partial charge in [0.25, 0.3) is 5.91 Å². The molecular weight excluding hydrogens is 359 g/mol. The Morgan fingerprint density at radius 3 is 2.58 bits per heavy atom. The molecule has 1 amide bonds. The van der Waals surface area contributed by atoms with Gasteiger partial charge in [0.15, 0.2) is 11.5 Å². The standard InChI is InChI=1S/C13H15IN2O3/c1-15-4-6-16(7-5-15)13(17)9-2-3-10(14)12-11(9)18-8-19-12/h2-3H,4-8H2,1H3. The lowest BCUT2D eigenvalue weighted by molar-refractivity contribution is 0.0659. The third kappa shape index (κ3) is 2.38. The summed E-state index contributed by atoms with van der Waals surface area (Å²) in [5, 5.41) is 0. The van der Waals surface area contributed by atoms with E-state index < -0.39 is 0 Å². The van der Waals surface area contributed by atoms with Gasteiger partial charge in [-0.3, -0.25) is 4.79 Å². The van der Waals surface area contributed by atoms with Crippen LogP contribution >= 0.6 is 22.6 Å². The van der Waals surface area contributed by atoms with Gasteiger partial charge < -0.3 is 19.3 Å². The molecule has 2 heterocycles. The minimum Gasteiger partial charge on any atom is -0.453 e. The average molecular weight is 374 g/mol. The fourth-order valence-corrected chi connectivity index (χ4v) is 2.89. The maximum absolute atomic E-state index is 12.5. The summed E-state index contributed by atoms with van der Waals surface area (Å²) in [5.41, 5.74) is 0.609. The fourth-order valence-electron chi connectivity index (χ4n) is 2.31. The highest BCUT2D eigenvalue weighted by molar-refractivity contribution is 14.1. The number of halogens is 1. The highest BCUT2D eigenvalue weighted by Gasteiger charge is 2.28. The minimum absolute atomic E-state index is 0.0336. The lowest BCUT2D eigenvalue weighted by Crippen LogP contribution is -2.47. The van der Waals surface area contributed by atoms with Crippen LogP contribution in [0.4, 0.5) is 0 Å². The second-order valence-electron chi connectivity index (χ2n) is 4.76. The topological polar surface area (TPSA) is 42.0 Å². The molecule has 2 aliphatic rings. The van der Waals surface area contributed by atoms with Crippen LogP contribution < -0.4 is 9.47 Å². The Labute approximate surface area is 125 Å². The van der Waals surface area contributed by atoms with Crippen molar-refractivity contribution in [3.05, 3.63) is 21.3 Å². The molecule has 0 unspecified atom stereocenters. The fraction of sp³-hybridized carbons (Fsp3) is 0.462. The maximum atomic E-state index is 12.5. The number of carbonyl (C=O) groups excluding carboxylic acids is 1. The SMILES string of the molecule is CN1CCN(C(=O)c2ccc(I)c3c2OCO3)CC1. The number of nitrogens with zero attached hydrogens (tertiary/aromatic N) is 2. The van der Waals surface area contributed by atoms with Gasteiger partial charge in [0, 0.05) is 26.2 Å². The molecule has 0 N–H and O–H groups in total. The van der Waals surface area contributed by atoms with E-state index in [1.807, 2.05) is 17.0 Å². The Kier molecular flexibility index (Phi) is 3.53. The molecule has 1 fully saturated rings. The van der Waals surface area contributed by atoms with E-state index in [0.29, 0.717) is 17.1 Å². The second kappa shape index (κ2) is 5.16. The largest absolute Gasteiger partial charge is 0.453 e. The van der Waals surface area contributed by atoms with Crippen LogP contribution in [-0.4, -0.2) is 55.7 Å². The molecule has 1 aromatic rings. The van der Waals surface area contributed by atoms with Gasteiger partial charge in [-0.2, -0.15) is 0 Å². The number of piperazine rings is 1. The number of rotatable bonds is 1. The van der Waals surface area contributed by atoms with Crippen LogP contribution in [0.2, 0.25) is 0 Å². The summed E-state index contributed by atoms with van der Waals surface area (Å²) >= 11 is 2.19. The van der Waals surface area contributed by atoms with E-state index in [4.69, 9.17) is 9.47 Å². The summed E-state index contributed by atoms with van der Waals surface area (Å²) < 4.78 is 11.8. The predicted molar refractivity (Wildman–Crippen MR) is 78.7 cm³/mol. The van der Waals surface area contributed by atoms with Crippen LogP contribution in [0.5, 0.6) is 11.5 Å². The molecule has 0 aliphatic carbocycles. The summed E-state index contributed by atoms with van der Waals surface area (Å²) in [4.78, 5) is 16.6.